The summed E-state index contributed by atoms with van der Waals surface area (Å²) < 4.78 is 5.72. The summed E-state index contributed by atoms with van der Waals surface area (Å²) in [6, 6.07) is 6.02. The molecule has 0 radical (unpaired) electrons. The minimum absolute atomic E-state index is 0.645. The van der Waals surface area contributed by atoms with Gasteiger partial charge in [-0.3, -0.25) is 0 Å². The number of aryl methyl sites for hydroxylation is 1. The van der Waals surface area contributed by atoms with Gasteiger partial charge in [0.25, 0.3) is 0 Å². The van der Waals surface area contributed by atoms with Crippen molar-refractivity contribution in [3.63, 3.8) is 0 Å². The summed E-state index contributed by atoms with van der Waals surface area (Å²) in [6.45, 7) is 2.76. The van der Waals surface area contributed by atoms with Crippen molar-refractivity contribution in [2.45, 2.75) is 26.2 Å². The fraction of sp³-hybridized carbons (Fsp3) is 0.429. The first kappa shape index (κ1) is 13.8. The van der Waals surface area contributed by atoms with E-state index in [0.717, 1.165) is 30.9 Å². The number of anilines is 1. The van der Waals surface area contributed by atoms with Crippen molar-refractivity contribution in [3.8, 4) is 5.88 Å². The summed E-state index contributed by atoms with van der Waals surface area (Å²) >= 11 is 1.75. The van der Waals surface area contributed by atoms with Crippen molar-refractivity contribution < 1.29 is 4.74 Å². The van der Waals surface area contributed by atoms with Crippen LogP contribution in [0.1, 0.15) is 24.0 Å². The van der Waals surface area contributed by atoms with Gasteiger partial charge < -0.3 is 10.1 Å². The SMILES string of the molecule is CCCc1nc(NC)cc(OCCc2cccs2)n1. The minimum Gasteiger partial charge on any atom is -0.477 e. The zero-order chi connectivity index (χ0) is 13.5. The van der Waals surface area contributed by atoms with E-state index in [9.17, 15) is 0 Å². The van der Waals surface area contributed by atoms with E-state index >= 15 is 0 Å². The molecule has 0 spiro atoms. The number of thiophene rings is 1. The molecule has 1 N–H and O–H groups in total. The fourth-order valence-corrected chi connectivity index (χ4v) is 2.41. The Morgan fingerprint density at radius 3 is 2.89 bits per heavy atom. The molecule has 0 amide bonds. The van der Waals surface area contributed by atoms with E-state index in [1.165, 1.54) is 4.88 Å². The standard InChI is InChI=1S/C14H19N3OS/c1-3-5-12-16-13(15-2)10-14(17-12)18-8-7-11-6-4-9-19-11/h4,6,9-10H,3,5,7-8H2,1-2H3,(H,15,16,17). The Balaban J connectivity index is 1.96. The summed E-state index contributed by atoms with van der Waals surface area (Å²) in [4.78, 5) is 10.1. The topological polar surface area (TPSA) is 47.0 Å². The highest BCUT2D eigenvalue weighted by Crippen LogP contribution is 2.15. The van der Waals surface area contributed by atoms with Crippen LogP contribution in [-0.2, 0) is 12.8 Å². The summed E-state index contributed by atoms with van der Waals surface area (Å²) in [7, 11) is 1.85. The van der Waals surface area contributed by atoms with Crippen molar-refractivity contribution in [3.05, 3.63) is 34.3 Å². The lowest BCUT2D eigenvalue weighted by atomic mass is 10.3. The Hall–Kier alpha value is -1.62. The Morgan fingerprint density at radius 1 is 1.32 bits per heavy atom. The molecular weight excluding hydrogens is 258 g/mol. The molecule has 4 nitrogen and oxygen atoms in total. The molecule has 2 rings (SSSR count). The van der Waals surface area contributed by atoms with Gasteiger partial charge in [-0.1, -0.05) is 13.0 Å². The van der Waals surface area contributed by atoms with Crippen molar-refractivity contribution in [2.24, 2.45) is 0 Å². The zero-order valence-corrected chi connectivity index (χ0v) is 12.2. The maximum Gasteiger partial charge on any atom is 0.218 e. The molecule has 2 aromatic rings. The van der Waals surface area contributed by atoms with E-state index < -0.39 is 0 Å². The predicted molar refractivity (Wildman–Crippen MR) is 79.1 cm³/mol. The molecule has 2 aromatic heterocycles. The number of aromatic nitrogens is 2. The number of nitrogens with one attached hydrogen (secondary N) is 1. The fourth-order valence-electron chi connectivity index (χ4n) is 1.72. The van der Waals surface area contributed by atoms with Gasteiger partial charge in [0, 0.05) is 30.8 Å². The molecule has 2 heterocycles. The highest BCUT2D eigenvalue weighted by molar-refractivity contribution is 7.09. The lowest BCUT2D eigenvalue weighted by molar-refractivity contribution is 0.309. The van der Waals surface area contributed by atoms with Gasteiger partial charge in [0.2, 0.25) is 5.88 Å². The number of hydrogen-bond donors (Lipinski definition) is 1. The van der Waals surface area contributed by atoms with Crippen LogP contribution in [0.3, 0.4) is 0 Å². The average Bonchev–Trinajstić information content (AvgIpc) is 2.92. The van der Waals surface area contributed by atoms with Crippen molar-refractivity contribution in [1.82, 2.24) is 9.97 Å². The number of hydrogen-bond acceptors (Lipinski definition) is 5. The van der Waals surface area contributed by atoms with E-state index in [1.807, 2.05) is 13.1 Å². The largest absolute Gasteiger partial charge is 0.477 e. The molecular formula is C14H19N3OS. The molecule has 0 aliphatic carbocycles. The van der Waals surface area contributed by atoms with Crippen LogP contribution in [0.5, 0.6) is 5.88 Å². The van der Waals surface area contributed by atoms with E-state index in [0.29, 0.717) is 12.5 Å². The number of nitrogens with zero attached hydrogens (tertiary/aromatic N) is 2. The zero-order valence-electron chi connectivity index (χ0n) is 11.3. The van der Waals surface area contributed by atoms with Gasteiger partial charge in [0.1, 0.15) is 11.6 Å². The Labute approximate surface area is 117 Å². The summed E-state index contributed by atoms with van der Waals surface area (Å²) in [5.74, 6) is 2.30. The quantitative estimate of drug-likeness (QED) is 0.844. The second-order valence-corrected chi connectivity index (χ2v) is 5.22. The molecule has 0 aliphatic heterocycles. The predicted octanol–water partition coefficient (Wildman–Crippen LogP) is 3.15. The molecule has 102 valence electrons. The molecule has 0 saturated carbocycles. The molecule has 0 aromatic carbocycles. The third kappa shape index (κ3) is 4.21. The van der Waals surface area contributed by atoms with Gasteiger partial charge in [-0.25, -0.2) is 4.98 Å². The molecule has 0 fully saturated rings. The molecule has 19 heavy (non-hydrogen) atoms. The Bertz CT molecular complexity index is 499. The van der Waals surface area contributed by atoms with Crippen molar-refractivity contribution >= 4 is 17.2 Å². The highest BCUT2D eigenvalue weighted by Gasteiger charge is 2.04. The summed E-state index contributed by atoms with van der Waals surface area (Å²) in [5.41, 5.74) is 0. The van der Waals surface area contributed by atoms with Crippen LogP contribution >= 0.6 is 11.3 Å². The van der Waals surface area contributed by atoms with E-state index in [4.69, 9.17) is 4.74 Å². The van der Waals surface area contributed by atoms with Gasteiger partial charge in [0.15, 0.2) is 0 Å². The van der Waals surface area contributed by atoms with Crippen LogP contribution in [0.25, 0.3) is 0 Å². The minimum atomic E-state index is 0.645. The lowest BCUT2D eigenvalue weighted by Crippen LogP contribution is -2.06. The van der Waals surface area contributed by atoms with Crippen LogP contribution in [0.4, 0.5) is 5.82 Å². The van der Waals surface area contributed by atoms with Gasteiger partial charge in [-0.2, -0.15) is 4.98 Å². The smallest absolute Gasteiger partial charge is 0.218 e. The van der Waals surface area contributed by atoms with Crippen molar-refractivity contribution in [2.75, 3.05) is 19.0 Å². The second-order valence-electron chi connectivity index (χ2n) is 4.19. The van der Waals surface area contributed by atoms with Crippen molar-refractivity contribution in [1.29, 1.82) is 0 Å². The third-order valence-corrected chi connectivity index (χ3v) is 3.59. The summed E-state index contributed by atoms with van der Waals surface area (Å²) in [5, 5.41) is 5.12. The van der Waals surface area contributed by atoms with E-state index in [2.05, 4.69) is 39.7 Å². The average molecular weight is 277 g/mol. The van der Waals surface area contributed by atoms with E-state index in [1.54, 1.807) is 11.3 Å². The number of ether oxygens (including phenoxy) is 1. The van der Waals surface area contributed by atoms with Crippen LogP contribution in [0, 0.1) is 0 Å². The van der Waals surface area contributed by atoms with Crippen LogP contribution < -0.4 is 10.1 Å². The van der Waals surface area contributed by atoms with E-state index in [-0.39, 0.29) is 0 Å². The lowest BCUT2D eigenvalue weighted by Gasteiger charge is -2.08. The highest BCUT2D eigenvalue weighted by atomic mass is 32.1. The third-order valence-electron chi connectivity index (χ3n) is 2.66. The van der Waals surface area contributed by atoms with Crippen LogP contribution in [-0.4, -0.2) is 23.6 Å². The number of rotatable bonds is 7. The monoisotopic (exact) mass is 277 g/mol. The van der Waals surface area contributed by atoms with Crippen LogP contribution in [0.15, 0.2) is 23.6 Å². The first-order valence-electron chi connectivity index (χ1n) is 6.52. The summed E-state index contributed by atoms with van der Waals surface area (Å²) in [6.07, 6.45) is 2.82. The molecule has 0 aliphatic rings. The molecule has 0 saturated heterocycles. The maximum absolute atomic E-state index is 5.72. The van der Waals surface area contributed by atoms with Gasteiger partial charge in [-0.05, 0) is 17.9 Å². The van der Waals surface area contributed by atoms with Crippen LogP contribution in [0.2, 0.25) is 0 Å². The van der Waals surface area contributed by atoms with Gasteiger partial charge in [-0.15, -0.1) is 11.3 Å². The second kappa shape index (κ2) is 7.09. The van der Waals surface area contributed by atoms with Gasteiger partial charge in [0.05, 0.1) is 6.61 Å². The molecule has 0 unspecified atom stereocenters. The molecule has 0 bridgehead atoms. The molecule has 5 heteroatoms. The molecule has 0 atom stereocenters. The maximum atomic E-state index is 5.72. The Kier molecular flexibility index (Phi) is 5.15. The van der Waals surface area contributed by atoms with Gasteiger partial charge >= 0.3 is 0 Å². The first-order valence-corrected chi connectivity index (χ1v) is 7.40. The Morgan fingerprint density at radius 2 is 2.21 bits per heavy atom. The normalized spacial score (nSPS) is 10.4. The first-order chi connectivity index (χ1) is 9.31.